The van der Waals surface area contributed by atoms with E-state index in [1.807, 2.05) is 23.6 Å². The lowest BCUT2D eigenvalue weighted by molar-refractivity contribution is 0.0932. The van der Waals surface area contributed by atoms with Crippen molar-refractivity contribution in [1.29, 1.82) is 0 Å². The molecule has 4 rings (SSSR count). The van der Waals surface area contributed by atoms with Crippen molar-refractivity contribution in [2.45, 2.75) is 25.4 Å². The summed E-state index contributed by atoms with van der Waals surface area (Å²) in [5.41, 5.74) is 4.08. The van der Waals surface area contributed by atoms with Crippen molar-refractivity contribution in [1.82, 2.24) is 15.2 Å². The van der Waals surface area contributed by atoms with Crippen molar-refractivity contribution < 1.29 is 19.0 Å². The van der Waals surface area contributed by atoms with Crippen LogP contribution in [0.4, 0.5) is 0 Å². The van der Waals surface area contributed by atoms with E-state index in [9.17, 15) is 4.79 Å². The molecule has 1 heterocycles. The number of hydrogen-bond acceptors (Lipinski definition) is 7. The third-order valence-corrected chi connectivity index (χ3v) is 7.59. The number of rotatable bonds is 15. The lowest BCUT2D eigenvalue weighted by Gasteiger charge is -2.26. The van der Waals surface area contributed by atoms with E-state index in [1.165, 1.54) is 22.5 Å². The minimum atomic E-state index is -0.184. The number of aromatic nitrogens is 1. The van der Waals surface area contributed by atoms with Crippen LogP contribution in [0.3, 0.4) is 0 Å². The molecule has 0 saturated heterocycles. The Kier molecular flexibility index (Phi) is 11.1. The quantitative estimate of drug-likeness (QED) is 0.187. The van der Waals surface area contributed by atoms with Crippen molar-refractivity contribution in [2.24, 2.45) is 0 Å². The van der Waals surface area contributed by atoms with Crippen molar-refractivity contribution in [3.8, 4) is 11.5 Å². The van der Waals surface area contributed by atoms with Crippen molar-refractivity contribution >= 4 is 17.2 Å². The number of ether oxygens (including phenoxy) is 3. The second kappa shape index (κ2) is 15.2. The first-order valence-electron chi connectivity index (χ1n) is 13.4. The van der Waals surface area contributed by atoms with Gasteiger partial charge in [-0.15, -0.1) is 11.3 Å². The minimum Gasteiger partial charge on any atom is -0.497 e. The highest BCUT2D eigenvalue weighted by Crippen LogP contribution is 2.30. The fraction of sp³-hybridized carbons (Fsp3) is 0.312. The average molecular weight is 560 g/mol. The fourth-order valence-electron chi connectivity index (χ4n) is 4.68. The van der Waals surface area contributed by atoms with Gasteiger partial charge in [-0.05, 0) is 30.2 Å². The predicted molar refractivity (Wildman–Crippen MR) is 159 cm³/mol. The first-order chi connectivity index (χ1) is 19.6. The Bertz CT molecular complexity index is 1290. The zero-order chi connectivity index (χ0) is 28.2. The highest BCUT2D eigenvalue weighted by Gasteiger charge is 2.19. The molecular formula is C32H37N3O4S. The summed E-state index contributed by atoms with van der Waals surface area (Å²) >= 11 is 1.50. The summed E-state index contributed by atoms with van der Waals surface area (Å²) < 4.78 is 16.1. The number of thiazole rings is 1. The van der Waals surface area contributed by atoms with Crippen LogP contribution in [0.1, 0.15) is 44.5 Å². The Balaban J connectivity index is 1.56. The molecule has 0 saturated carbocycles. The lowest BCUT2D eigenvalue weighted by atomic mass is 9.88. The topological polar surface area (TPSA) is 72.9 Å². The summed E-state index contributed by atoms with van der Waals surface area (Å²) in [6, 6.07) is 27.2. The van der Waals surface area contributed by atoms with Crippen LogP contribution >= 0.6 is 11.3 Å². The van der Waals surface area contributed by atoms with Crippen LogP contribution in [0.15, 0.2) is 84.2 Å². The normalized spacial score (nSPS) is 11.1. The minimum absolute atomic E-state index is 0.184. The molecule has 0 radical (unpaired) electrons. The molecule has 4 aromatic rings. The first-order valence-corrected chi connectivity index (χ1v) is 14.2. The van der Waals surface area contributed by atoms with Gasteiger partial charge in [-0.1, -0.05) is 66.7 Å². The van der Waals surface area contributed by atoms with Gasteiger partial charge in [0.25, 0.3) is 5.91 Å². The maximum atomic E-state index is 12.5. The van der Waals surface area contributed by atoms with Crippen LogP contribution in [0.5, 0.6) is 11.5 Å². The maximum absolute atomic E-state index is 12.5. The van der Waals surface area contributed by atoms with E-state index in [0.717, 1.165) is 35.0 Å². The molecule has 0 bridgehead atoms. The van der Waals surface area contributed by atoms with Gasteiger partial charge in [-0.25, -0.2) is 4.98 Å². The molecule has 0 unspecified atom stereocenters. The number of amides is 1. The van der Waals surface area contributed by atoms with Gasteiger partial charge in [0.1, 0.15) is 22.2 Å². The molecule has 1 amide bonds. The molecule has 8 heteroatoms. The molecule has 40 heavy (non-hydrogen) atoms. The van der Waals surface area contributed by atoms with E-state index >= 15 is 0 Å². The summed E-state index contributed by atoms with van der Waals surface area (Å²) in [4.78, 5) is 19.5. The van der Waals surface area contributed by atoms with Crippen molar-refractivity contribution in [2.75, 3.05) is 41.0 Å². The zero-order valence-electron chi connectivity index (χ0n) is 23.3. The summed E-state index contributed by atoms with van der Waals surface area (Å²) in [6.45, 7) is 3.01. The lowest BCUT2D eigenvalue weighted by Crippen LogP contribution is -2.28. The maximum Gasteiger partial charge on any atom is 0.270 e. The second-order valence-electron chi connectivity index (χ2n) is 9.43. The van der Waals surface area contributed by atoms with E-state index in [0.29, 0.717) is 31.9 Å². The number of nitrogens with zero attached hydrogens (tertiary/aromatic N) is 2. The molecule has 0 aliphatic heterocycles. The Morgan fingerprint density at radius 1 is 0.925 bits per heavy atom. The van der Waals surface area contributed by atoms with Crippen LogP contribution in [-0.4, -0.2) is 56.8 Å². The molecule has 7 nitrogen and oxygen atoms in total. The van der Waals surface area contributed by atoms with Gasteiger partial charge in [0.15, 0.2) is 0 Å². The monoisotopic (exact) mass is 559 g/mol. The third-order valence-electron chi connectivity index (χ3n) is 6.76. The smallest absolute Gasteiger partial charge is 0.270 e. The Labute approximate surface area is 240 Å². The van der Waals surface area contributed by atoms with E-state index in [1.54, 1.807) is 21.3 Å². The van der Waals surface area contributed by atoms with Crippen molar-refractivity contribution in [3.05, 3.63) is 112 Å². The van der Waals surface area contributed by atoms with Gasteiger partial charge in [0.2, 0.25) is 0 Å². The highest BCUT2D eigenvalue weighted by atomic mass is 32.1. The second-order valence-corrected chi connectivity index (χ2v) is 10.4. The van der Waals surface area contributed by atoms with Gasteiger partial charge in [-0.3, -0.25) is 9.69 Å². The molecule has 0 aliphatic carbocycles. The molecule has 210 valence electrons. The Morgan fingerprint density at radius 3 is 2.25 bits per heavy atom. The van der Waals surface area contributed by atoms with Crippen LogP contribution in [0.25, 0.3) is 0 Å². The SMILES string of the molecule is COCCNC(=O)c1csc(CN(CCC(c2ccccc2)c2ccccc2)Cc2ccc(OC)cc2OC)n1. The van der Waals surface area contributed by atoms with E-state index < -0.39 is 0 Å². The summed E-state index contributed by atoms with van der Waals surface area (Å²) in [6.07, 6.45) is 0.919. The largest absolute Gasteiger partial charge is 0.497 e. The van der Waals surface area contributed by atoms with Gasteiger partial charge < -0.3 is 19.5 Å². The van der Waals surface area contributed by atoms with Gasteiger partial charge >= 0.3 is 0 Å². The number of benzene rings is 3. The first kappa shape index (κ1) is 29.3. The van der Waals surface area contributed by atoms with Gasteiger partial charge in [0.05, 0.1) is 27.4 Å². The molecule has 1 N–H and O–H groups in total. The zero-order valence-corrected chi connectivity index (χ0v) is 24.2. The molecular weight excluding hydrogens is 522 g/mol. The average Bonchev–Trinajstić information content (AvgIpc) is 3.47. The molecule has 0 aliphatic rings. The van der Waals surface area contributed by atoms with Crippen molar-refractivity contribution in [3.63, 3.8) is 0 Å². The summed E-state index contributed by atoms with van der Waals surface area (Å²) in [7, 11) is 4.94. The number of carbonyl (C=O) groups excluding carboxylic acids is 1. The van der Waals surface area contributed by atoms with Crippen LogP contribution in [-0.2, 0) is 17.8 Å². The summed E-state index contributed by atoms with van der Waals surface area (Å²) in [5.74, 6) is 1.60. The molecule has 3 aromatic carbocycles. The predicted octanol–water partition coefficient (Wildman–Crippen LogP) is 5.76. The van der Waals surface area contributed by atoms with Gasteiger partial charge in [-0.2, -0.15) is 0 Å². The molecule has 0 spiro atoms. The highest BCUT2D eigenvalue weighted by molar-refractivity contribution is 7.09. The standard InChI is InChI=1S/C32H37N3O4S/c1-37-19-17-33-32(36)29-23-40-31(34-29)22-35(21-26-14-15-27(38-2)20-30(26)39-3)18-16-28(24-10-6-4-7-11-24)25-12-8-5-9-13-25/h4-15,20,23,28H,16-19,21-22H2,1-3H3,(H,33,36). The Morgan fingerprint density at radius 2 is 1.62 bits per heavy atom. The number of hydrogen-bond donors (Lipinski definition) is 1. The Hall–Kier alpha value is -3.72. The van der Waals surface area contributed by atoms with E-state index in [4.69, 9.17) is 14.2 Å². The molecule has 0 atom stereocenters. The third kappa shape index (κ3) is 8.14. The number of methoxy groups -OCH3 is 3. The van der Waals surface area contributed by atoms with Crippen LogP contribution < -0.4 is 14.8 Å². The van der Waals surface area contributed by atoms with E-state index in [2.05, 4.69) is 75.9 Å². The van der Waals surface area contributed by atoms with Gasteiger partial charge in [0, 0.05) is 43.1 Å². The molecule has 1 aromatic heterocycles. The molecule has 0 fully saturated rings. The van der Waals surface area contributed by atoms with Crippen LogP contribution in [0.2, 0.25) is 0 Å². The van der Waals surface area contributed by atoms with E-state index in [-0.39, 0.29) is 11.8 Å². The van der Waals surface area contributed by atoms with Crippen LogP contribution in [0, 0.1) is 0 Å². The summed E-state index contributed by atoms with van der Waals surface area (Å²) in [5, 5.41) is 5.56. The fourth-order valence-corrected chi connectivity index (χ4v) is 5.50. The number of nitrogens with one attached hydrogen (secondary N) is 1. The number of carbonyl (C=O) groups is 1.